The molecular formula is C16H14BrNO2S. The van der Waals surface area contributed by atoms with Crippen molar-refractivity contribution in [1.82, 2.24) is 0 Å². The smallest absolute Gasteiger partial charge is 0.119 e. The van der Waals surface area contributed by atoms with Gasteiger partial charge in [0, 0.05) is 15.1 Å². The normalized spacial score (nSPS) is 11.7. The van der Waals surface area contributed by atoms with E-state index in [2.05, 4.69) is 15.9 Å². The molecule has 0 aliphatic rings. The number of thioether (sulfide) groups is 1. The van der Waals surface area contributed by atoms with Crippen LogP contribution in [0.5, 0.6) is 5.75 Å². The maximum atomic E-state index is 9.92. The Hall–Kier alpha value is -1.48. The van der Waals surface area contributed by atoms with Crippen LogP contribution in [0, 0.1) is 11.3 Å². The fourth-order valence-corrected chi connectivity index (χ4v) is 2.66. The first kappa shape index (κ1) is 15.9. The SMILES string of the molecule is N#Cc1ccc(OCC(O)CSc2ccc(Br)cc2)cc1. The minimum Gasteiger partial charge on any atom is -0.491 e. The highest BCUT2D eigenvalue weighted by molar-refractivity contribution is 9.10. The molecule has 0 aliphatic heterocycles. The van der Waals surface area contributed by atoms with Gasteiger partial charge in [-0.25, -0.2) is 0 Å². The van der Waals surface area contributed by atoms with E-state index >= 15 is 0 Å². The third-order valence-electron chi connectivity index (χ3n) is 2.68. The minimum absolute atomic E-state index is 0.232. The molecule has 108 valence electrons. The molecule has 0 saturated heterocycles. The number of aliphatic hydroxyl groups excluding tert-OH is 1. The van der Waals surface area contributed by atoms with Crippen LogP contribution in [0.1, 0.15) is 5.56 Å². The summed E-state index contributed by atoms with van der Waals surface area (Å²) >= 11 is 4.97. The molecule has 0 aliphatic carbocycles. The number of nitrogens with zero attached hydrogens (tertiary/aromatic N) is 1. The lowest BCUT2D eigenvalue weighted by Gasteiger charge is -2.12. The van der Waals surface area contributed by atoms with Gasteiger partial charge in [-0.05, 0) is 48.5 Å². The largest absolute Gasteiger partial charge is 0.491 e. The maximum Gasteiger partial charge on any atom is 0.119 e. The number of hydrogen-bond acceptors (Lipinski definition) is 4. The molecule has 1 atom stereocenters. The van der Waals surface area contributed by atoms with Crippen LogP contribution in [-0.2, 0) is 0 Å². The van der Waals surface area contributed by atoms with Crippen LogP contribution >= 0.6 is 27.7 Å². The summed E-state index contributed by atoms with van der Waals surface area (Å²) in [4.78, 5) is 1.11. The second-order valence-corrected chi connectivity index (χ2v) is 6.38. The summed E-state index contributed by atoms with van der Waals surface area (Å²) in [6, 6.07) is 16.8. The summed E-state index contributed by atoms with van der Waals surface area (Å²) in [5.41, 5.74) is 0.591. The van der Waals surface area contributed by atoms with Crippen molar-refractivity contribution >= 4 is 27.7 Å². The molecule has 2 rings (SSSR count). The van der Waals surface area contributed by atoms with E-state index in [4.69, 9.17) is 10.00 Å². The fraction of sp³-hybridized carbons (Fsp3) is 0.188. The van der Waals surface area contributed by atoms with Crippen molar-refractivity contribution < 1.29 is 9.84 Å². The van der Waals surface area contributed by atoms with Crippen LogP contribution < -0.4 is 4.74 Å². The third kappa shape index (κ3) is 5.43. The third-order valence-corrected chi connectivity index (χ3v) is 4.37. The van der Waals surface area contributed by atoms with Crippen LogP contribution in [0.4, 0.5) is 0 Å². The van der Waals surface area contributed by atoms with Crippen LogP contribution in [0.3, 0.4) is 0 Å². The van der Waals surface area contributed by atoms with Crippen molar-refractivity contribution in [2.75, 3.05) is 12.4 Å². The van der Waals surface area contributed by atoms with E-state index in [1.807, 2.05) is 30.3 Å². The molecule has 5 heteroatoms. The summed E-state index contributed by atoms with van der Waals surface area (Å²) in [7, 11) is 0. The van der Waals surface area contributed by atoms with Crippen molar-refractivity contribution in [3.63, 3.8) is 0 Å². The number of halogens is 1. The van der Waals surface area contributed by atoms with Gasteiger partial charge in [-0.2, -0.15) is 5.26 Å². The molecule has 0 amide bonds. The molecule has 2 aromatic carbocycles. The summed E-state index contributed by atoms with van der Waals surface area (Å²) in [6.07, 6.45) is -0.547. The number of aliphatic hydroxyl groups is 1. The van der Waals surface area contributed by atoms with Gasteiger partial charge in [-0.1, -0.05) is 15.9 Å². The van der Waals surface area contributed by atoms with E-state index in [0.29, 0.717) is 17.1 Å². The molecule has 0 radical (unpaired) electrons. The summed E-state index contributed by atoms with van der Waals surface area (Å²) in [6.45, 7) is 0.232. The number of ether oxygens (including phenoxy) is 1. The van der Waals surface area contributed by atoms with Gasteiger partial charge in [0.15, 0.2) is 0 Å². The average Bonchev–Trinajstić information content (AvgIpc) is 2.53. The molecule has 21 heavy (non-hydrogen) atoms. The predicted molar refractivity (Wildman–Crippen MR) is 87.5 cm³/mol. The van der Waals surface area contributed by atoms with Crippen molar-refractivity contribution in [2.24, 2.45) is 0 Å². The monoisotopic (exact) mass is 363 g/mol. The Kier molecular flexibility index (Phi) is 6.12. The standard InChI is InChI=1S/C16H14BrNO2S/c17-13-3-7-16(8-4-13)21-11-14(19)10-20-15-5-1-12(9-18)2-6-15/h1-8,14,19H,10-11H2. The zero-order valence-electron chi connectivity index (χ0n) is 11.2. The first-order chi connectivity index (χ1) is 10.2. The van der Waals surface area contributed by atoms with Gasteiger partial charge in [-0.3, -0.25) is 0 Å². The molecule has 0 fully saturated rings. The Bertz CT molecular complexity index is 608. The number of nitriles is 1. The van der Waals surface area contributed by atoms with Crippen LogP contribution in [-0.4, -0.2) is 23.6 Å². The van der Waals surface area contributed by atoms with Gasteiger partial charge in [0.05, 0.1) is 17.7 Å². The Balaban J connectivity index is 1.75. The number of benzene rings is 2. The van der Waals surface area contributed by atoms with Crippen molar-refractivity contribution in [2.45, 2.75) is 11.0 Å². The topological polar surface area (TPSA) is 53.2 Å². The predicted octanol–water partition coefficient (Wildman–Crippen LogP) is 3.85. The van der Waals surface area contributed by atoms with Gasteiger partial charge < -0.3 is 9.84 Å². The van der Waals surface area contributed by atoms with Gasteiger partial charge in [0.1, 0.15) is 12.4 Å². The van der Waals surface area contributed by atoms with Gasteiger partial charge in [-0.15, -0.1) is 11.8 Å². The Morgan fingerprint density at radius 3 is 2.43 bits per heavy atom. The number of rotatable bonds is 6. The van der Waals surface area contributed by atoms with E-state index in [0.717, 1.165) is 9.37 Å². The highest BCUT2D eigenvalue weighted by Gasteiger charge is 2.06. The summed E-state index contributed by atoms with van der Waals surface area (Å²) < 4.78 is 6.53. The zero-order chi connectivity index (χ0) is 15.1. The fourth-order valence-electron chi connectivity index (χ4n) is 1.59. The minimum atomic E-state index is -0.547. The van der Waals surface area contributed by atoms with Crippen LogP contribution in [0.15, 0.2) is 57.9 Å². The van der Waals surface area contributed by atoms with Gasteiger partial charge >= 0.3 is 0 Å². The van der Waals surface area contributed by atoms with E-state index in [1.54, 1.807) is 36.0 Å². The molecule has 0 saturated carbocycles. The van der Waals surface area contributed by atoms with Gasteiger partial charge in [0.2, 0.25) is 0 Å². The maximum absolute atomic E-state index is 9.92. The molecule has 0 aromatic heterocycles. The molecule has 0 heterocycles. The molecular weight excluding hydrogens is 350 g/mol. The Morgan fingerprint density at radius 1 is 1.14 bits per heavy atom. The summed E-state index contributed by atoms with van der Waals surface area (Å²) in [5.74, 6) is 1.22. The molecule has 0 bridgehead atoms. The van der Waals surface area contributed by atoms with Crippen molar-refractivity contribution in [3.8, 4) is 11.8 Å². The Morgan fingerprint density at radius 2 is 1.81 bits per heavy atom. The lowest BCUT2D eigenvalue weighted by molar-refractivity contribution is 0.126. The van der Waals surface area contributed by atoms with E-state index in [1.165, 1.54) is 0 Å². The molecule has 1 N–H and O–H groups in total. The van der Waals surface area contributed by atoms with E-state index in [9.17, 15) is 5.11 Å². The van der Waals surface area contributed by atoms with Gasteiger partial charge in [0.25, 0.3) is 0 Å². The molecule has 0 spiro atoms. The molecule has 2 aromatic rings. The lowest BCUT2D eigenvalue weighted by Crippen LogP contribution is -2.20. The number of hydrogen-bond donors (Lipinski definition) is 1. The van der Waals surface area contributed by atoms with E-state index in [-0.39, 0.29) is 6.61 Å². The average molecular weight is 364 g/mol. The summed E-state index contributed by atoms with van der Waals surface area (Å²) in [5, 5.41) is 18.6. The highest BCUT2D eigenvalue weighted by atomic mass is 79.9. The first-order valence-electron chi connectivity index (χ1n) is 6.37. The second-order valence-electron chi connectivity index (χ2n) is 4.37. The molecule has 3 nitrogen and oxygen atoms in total. The molecule has 1 unspecified atom stereocenters. The van der Waals surface area contributed by atoms with Crippen LogP contribution in [0.2, 0.25) is 0 Å². The van der Waals surface area contributed by atoms with Crippen molar-refractivity contribution in [1.29, 1.82) is 5.26 Å². The quantitative estimate of drug-likeness (QED) is 0.791. The van der Waals surface area contributed by atoms with E-state index < -0.39 is 6.10 Å². The highest BCUT2D eigenvalue weighted by Crippen LogP contribution is 2.21. The van der Waals surface area contributed by atoms with Crippen LogP contribution in [0.25, 0.3) is 0 Å². The zero-order valence-corrected chi connectivity index (χ0v) is 13.6. The Labute approximate surface area is 136 Å². The first-order valence-corrected chi connectivity index (χ1v) is 8.14. The van der Waals surface area contributed by atoms with Crippen molar-refractivity contribution in [3.05, 3.63) is 58.6 Å². The second kappa shape index (κ2) is 8.08. The lowest BCUT2D eigenvalue weighted by atomic mass is 10.2.